The van der Waals surface area contributed by atoms with Crippen molar-refractivity contribution in [3.63, 3.8) is 0 Å². The van der Waals surface area contributed by atoms with Crippen LogP contribution in [0.15, 0.2) is 30.3 Å². The Morgan fingerprint density at radius 3 is 2.59 bits per heavy atom. The van der Waals surface area contributed by atoms with Gasteiger partial charge in [0.25, 0.3) is 0 Å². The minimum Gasteiger partial charge on any atom is -0.392 e. The van der Waals surface area contributed by atoms with Gasteiger partial charge in [0.1, 0.15) is 0 Å². The first-order chi connectivity index (χ1) is 13.1. The van der Waals surface area contributed by atoms with Gasteiger partial charge in [0.2, 0.25) is 0 Å². The molecule has 0 bridgehead atoms. The molecule has 1 saturated heterocycles. The SMILES string of the molecule is CC[C@H](C#CC[C@H]1COC(CC)(CC)O1)[C@@H](O)CCOCc1ccccc1. The molecule has 0 radical (unpaired) electrons. The quantitative estimate of drug-likeness (QED) is 0.490. The van der Waals surface area contributed by atoms with E-state index in [0.717, 1.165) is 24.8 Å². The molecule has 1 aliphatic rings. The highest BCUT2D eigenvalue weighted by Crippen LogP contribution is 2.31. The van der Waals surface area contributed by atoms with Crippen molar-refractivity contribution in [3.8, 4) is 11.8 Å². The lowest BCUT2D eigenvalue weighted by Gasteiger charge is -2.24. The molecule has 3 atom stereocenters. The maximum Gasteiger partial charge on any atom is 0.168 e. The minimum atomic E-state index is -0.468. The average molecular weight is 375 g/mol. The Labute approximate surface area is 164 Å². The highest BCUT2D eigenvalue weighted by molar-refractivity contribution is 5.13. The van der Waals surface area contributed by atoms with E-state index in [1.165, 1.54) is 0 Å². The zero-order valence-electron chi connectivity index (χ0n) is 16.9. The van der Waals surface area contributed by atoms with Crippen LogP contribution in [-0.2, 0) is 20.8 Å². The predicted octanol–water partition coefficient (Wildman–Crippen LogP) is 4.31. The van der Waals surface area contributed by atoms with E-state index in [1.54, 1.807) is 0 Å². The van der Waals surface area contributed by atoms with E-state index in [-0.39, 0.29) is 12.0 Å². The first kappa shape index (κ1) is 21.9. The second kappa shape index (κ2) is 11.5. The molecule has 1 heterocycles. The van der Waals surface area contributed by atoms with Crippen molar-refractivity contribution in [3.05, 3.63) is 35.9 Å². The fourth-order valence-electron chi connectivity index (χ4n) is 3.28. The van der Waals surface area contributed by atoms with Crippen LogP contribution in [0.25, 0.3) is 0 Å². The van der Waals surface area contributed by atoms with E-state index >= 15 is 0 Å². The molecule has 1 aromatic carbocycles. The first-order valence-electron chi connectivity index (χ1n) is 10.2. The lowest BCUT2D eigenvalue weighted by Crippen LogP contribution is -2.28. The molecule has 2 rings (SSSR count). The van der Waals surface area contributed by atoms with Crippen LogP contribution >= 0.6 is 0 Å². The second-order valence-corrected chi connectivity index (χ2v) is 7.10. The fraction of sp³-hybridized carbons (Fsp3) is 0.652. The molecule has 0 saturated carbocycles. The van der Waals surface area contributed by atoms with Crippen molar-refractivity contribution in [2.45, 2.75) is 77.5 Å². The van der Waals surface area contributed by atoms with Crippen LogP contribution in [0, 0.1) is 17.8 Å². The van der Waals surface area contributed by atoms with Crippen molar-refractivity contribution in [1.29, 1.82) is 0 Å². The van der Waals surface area contributed by atoms with Gasteiger partial charge in [-0.25, -0.2) is 0 Å². The van der Waals surface area contributed by atoms with Gasteiger partial charge in [-0.3, -0.25) is 0 Å². The molecule has 1 aromatic rings. The lowest BCUT2D eigenvalue weighted by molar-refractivity contribution is -0.171. The van der Waals surface area contributed by atoms with Crippen molar-refractivity contribution in [2.24, 2.45) is 5.92 Å². The third kappa shape index (κ3) is 6.93. The van der Waals surface area contributed by atoms with Crippen LogP contribution in [0.4, 0.5) is 0 Å². The second-order valence-electron chi connectivity index (χ2n) is 7.10. The molecule has 1 N–H and O–H groups in total. The van der Waals surface area contributed by atoms with Crippen molar-refractivity contribution in [2.75, 3.05) is 13.2 Å². The first-order valence-corrected chi connectivity index (χ1v) is 10.2. The van der Waals surface area contributed by atoms with Crippen LogP contribution in [0.1, 0.15) is 58.4 Å². The van der Waals surface area contributed by atoms with Crippen LogP contribution in [0.2, 0.25) is 0 Å². The Morgan fingerprint density at radius 2 is 1.96 bits per heavy atom. The molecule has 4 heteroatoms. The molecular formula is C23H34O4. The number of rotatable bonds is 10. The normalized spacial score (nSPS) is 20.7. The number of aliphatic hydroxyl groups excluding tert-OH is 1. The molecule has 0 aromatic heterocycles. The van der Waals surface area contributed by atoms with Gasteiger partial charge in [0, 0.05) is 18.9 Å². The monoisotopic (exact) mass is 374 g/mol. The summed E-state index contributed by atoms with van der Waals surface area (Å²) in [6, 6.07) is 10.1. The predicted molar refractivity (Wildman–Crippen MR) is 107 cm³/mol. The lowest BCUT2D eigenvalue weighted by atomic mass is 9.97. The zero-order chi connectivity index (χ0) is 19.5. The Balaban J connectivity index is 1.70. The van der Waals surface area contributed by atoms with Gasteiger partial charge in [0.15, 0.2) is 5.79 Å². The third-order valence-corrected chi connectivity index (χ3v) is 5.18. The molecular weight excluding hydrogens is 340 g/mol. The summed E-state index contributed by atoms with van der Waals surface area (Å²) in [5.41, 5.74) is 1.15. The Morgan fingerprint density at radius 1 is 1.22 bits per heavy atom. The molecule has 1 aliphatic heterocycles. The van der Waals surface area contributed by atoms with Gasteiger partial charge in [-0.05, 0) is 31.2 Å². The minimum absolute atomic E-state index is 0.0289. The van der Waals surface area contributed by atoms with Gasteiger partial charge >= 0.3 is 0 Å². The van der Waals surface area contributed by atoms with E-state index in [2.05, 4.69) is 32.6 Å². The molecule has 0 spiro atoms. The van der Waals surface area contributed by atoms with E-state index in [4.69, 9.17) is 14.2 Å². The maximum absolute atomic E-state index is 10.4. The summed E-state index contributed by atoms with van der Waals surface area (Å²) in [5.74, 6) is 5.98. The van der Waals surface area contributed by atoms with Crippen LogP contribution in [-0.4, -0.2) is 36.3 Å². The van der Waals surface area contributed by atoms with E-state index < -0.39 is 11.9 Å². The molecule has 4 nitrogen and oxygen atoms in total. The van der Waals surface area contributed by atoms with Crippen molar-refractivity contribution < 1.29 is 19.3 Å². The summed E-state index contributed by atoms with van der Waals surface area (Å²) in [6.45, 7) is 7.93. The van der Waals surface area contributed by atoms with Crippen LogP contribution < -0.4 is 0 Å². The van der Waals surface area contributed by atoms with Gasteiger partial charge < -0.3 is 19.3 Å². The summed E-state index contributed by atoms with van der Waals surface area (Å²) >= 11 is 0. The van der Waals surface area contributed by atoms with Crippen molar-refractivity contribution >= 4 is 0 Å². The highest BCUT2D eigenvalue weighted by Gasteiger charge is 2.37. The number of hydrogen-bond acceptors (Lipinski definition) is 4. The van der Waals surface area contributed by atoms with Gasteiger partial charge in [-0.15, -0.1) is 5.92 Å². The summed E-state index contributed by atoms with van der Waals surface area (Å²) in [7, 11) is 0. The Kier molecular flexibility index (Phi) is 9.30. The van der Waals surface area contributed by atoms with Crippen LogP contribution in [0.5, 0.6) is 0 Å². The topological polar surface area (TPSA) is 47.9 Å². The van der Waals surface area contributed by atoms with E-state index in [1.807, 2.05) is 30.3 Å². The molecule has 0 aliphatic carbocycles. The number of benzene rings is 1. The number of hydrogen-bond donors (Lipinski definition) is 1. The largest absolute Gasteiger partial charge is 0.392 e. The third-order valence-electron chi connectivity index (χ3n) is 5.18. The summed E-state index contributed by atoms with van der Waals surface area (Å²) in [5, 5.41) is 10.4. The molecule has 150 valence electrons. The number of ether oxygens (including phenoxy) is 3. The fourth-order valence-corrected chi connectivity index (χ4v) is 3.28. The average Bonchev–Trinajstić information content (AvgIpc) is 3.13. The molecule has 0 amide bonds. The van der Waals surface area contributed by atoms with E-state index in [0.29, 0.717) is 32.7 Å². The highest BCUT2D eigenvalue weighted by atomic mass is 16.7. The van der Waals surface area contributed by atoms with Gasteiger partial charge in [-0.1, -0.05) is 57.0 Å². The summed E-state index contributed by atoms with van der Waals surface area (Å²) < 4.78 is 17.5. The molecule has 1 fully saturated rings. The van der Waals surface area contributed by atoms with Gasteiger partial charge in [-0.2, -0.15) is 0 Å². The van der Waals surface area contributed by atoms with E-state index in [9.17, 15) is 5.11 Å². The van der Waals surface area contributed by atoms with Gasteiger partial charge in [0.05, 0.1) is 25.4 Å². The van der Waals surface area contributed by atoms with Crippen molar-refractivity contribution in [1.82, 2.24) is 0 Å². The molecule has 0 unspecified atom stereocenters. The number of aliphatic hydroxyl groups is 1. The smallest absolute Gasteiger partial charge is 0.168 e. The standard InChI is InChI=1S/C23H34O4/c1-4-20(13-10-14-21-18-26-23(5-2,6-3)27-21)22(24)15-16-25-17-19-11-8-7-9-12-19/h7-9,11-12,20-22,24H,4-6,14-18H2,1-3H3/t20-,21+,22+/m1/s1. The Hall–Kier alpha value is -1.38. The summed E-state index contributed by atoms with van der Waals surface area (Å²) in [6.07, 6.45) is 3.33. The zero-order valence-corrected chi connectivity index (χ0v) is 16.9. The molecule has 27 heavy (non-hydrogen) atoms. The maximum atomic E-state index is 10.4. The summed E-state index contributed by atoms with van der Waals surface area (Å²) in [4.78, 5) is 0. The van der Waals surface area contributed by atoms with Crippen LogP contribution in [0.3, 0.4) is 0 Å². The Bertz CT molecular complexity index is 585.